The Morgan fingerprint density at radius 1 is 1.16 bits per heavy atom. The molecule has 3 aromatic rings. The van der Waals surface area contributed by atoms with Crippen LogP contribution in [-0.2, 0) is 10.2 Å². The van der Waals surface area contributed by atoms with E-state index < -0.39 is 21.6 Å². The van der Waals surface area contributed by atoms with Crippen LogP contribution in [0.2, 0.25) is 0 Å². The third-order valence-electron chi connectivity index (χ3n) is 5.30. The Labute approximate surface area is 184 Å². The first kappa shape index (κ1) is 22.1. The molecule has 3 N–H and O–H groups in total. The van der Waals surface area contributed by atoms with Crippen LogP contribution in [0.25, 0.3) is 22.4 Å². The van der Waals surface area contributed by atoms with E-state index in [1.807, 2.05) is 13.8 Å². The lowest BCUT2D eigenvalue weighted by Crippen LogP contribution is -2.39. The minimum Gasteiger partial charge on any atom is -0.368 e. The van der Waals surface area contributed by atoms with Crippen LogP contribution in [0.5, 0.6) is 0 Å². The highest BCUT2D eigenvalue weighted by Gasteiger charge is 2.25. The highest BCUT2D eigenvalue weighted by atomic mass is 32.2. The van der Waals surface area contributed by atoms with Gasteiger partial charge in [0.2, 0.25) is 5.95 Å². The molecular weight excluding hydrogens is 437 g/mol. The molecule has 0 aliphatic carbocycles. The highest BCUT2D eigenvalue weighted by molar-refractivity contribution is 7.90. The summed E-state index contributed by atoms with van der Waals surface area (Å²) in [4.78, 5) is 25.5. The zero-order valence-electron chi connectivity index (χ0n) is 17.7. The number of anilines is 2. The van der Waals surface area contributed by atoms with Crippen molar-refractivity contribution in [1.29, 1.82) is 0 Å². The van der Waals surface area contributed by atoms with E-state index in [0.717, 1.165) is 25.3 Å². The van der Waals surface area contributed by atoms with Crippen LogP contribution in [0.15, 0.2) is 29.2 Å². The molecule has 1 aromatic carbocycles. The molecule has 0 spiro atoms. The minimum atomic E-state index is -3.86. The zero-order valence-corrected chi connectivity index (χ0v) is 18.6. The summed E-state index contributed by atoms with van der Waals surface area (Å²) in [6.07, 6.45) is 3.91. The first-order chi connectivity index (χ1) is 15.2. The summed E-state index contributed by atoms with van der Waals surface area (Å²) in [6.45, 7) is 4.42. The number of nitrogens with one attached hydrogen (secondary N) is 1. The van der Waals surface area contributed by atoms with Crippen molar-refractivity contribution in [3.05, 3.63) is 40.6 Å². The summed E-state index contributed by atoms with van der Waals surface area (Å²) in [6, 6.07) is 3.57. The molecule has 0 saturated carbocycles. The van der Waals surface area contributed by atoms with Crippen LogP contribution in [0.1, 0.15) is 39.2 Å². The van der Waals surface area contributed by atoms with Crippen molar-refractivity contribution in [2.75, 3.05) is 23.5 Å². The number of nitrogens with two attached hydrogens (primary N) is 1. The fraction of sp³-hybridized carbons (Fsp3) is 0.400. The molecule has 0 amide bonds. The van der Waals surface area contributed by atoms with Gasteiger partial charge in [0.25, 0.3) is 5.56 Å². The number of nitrogen functional groups attached to an aromatic ring is 1. The molecule has 1 fully saturated rings. The fourth-order valence-corrected chi connectivity index (χ4v) is 5.05. The second-order valence-electron chi connectivity index (χ2n) is 7.93. The number of halogens is 1. The molecule has 1 aliphatic heterocycles. The van der Waals surface area contributed by atoms with Gasteiger partial charge in [-0.1, -0.05) is 12.5 Å². The van der Waals surface area contributed by atoms with E-state index in [9.17, 15) is 17.6 Å². The SMILES string of the molecule is CC(C)n1c(=O)c(-c2ccc(NS(=O)(=O)N3CCCCC3)c(F)c2)nc2cnc(N)nc21. The second-order valence-corrected chi connectivity index (χ2v) is 9.60. The molecule has 0 bridgehead atoms. The molecule has 1 saturated heterocycles. The third kappa shape index (κ3) is 4.15. The monoisotopic (exact) mass is 461 g/mol. The van der Waals surface area contributed by atoms with Crippen molar-refractivity contribution >= 4 is 33.0 Å². The molecule has 12 heteroatoms. The quantitative estimate of drug-likeness (QED) is 0.595. The van der Waals surface area contributed by atoms with Crippen LogP contribution in [0, 0.1) is 5.82 Å². The second kappa shape index (κ2) is 8.43. The smallest absolute Gasteiger partial charge is 0.301 e. The molecule has 0 atom stereocenters. The summed E-state index contributed by atoms with van der Waals surface area (Å²) in [7, 11) is -3.86. The molecule has 2 aromatic heterocycles. The molecular formula is C20H24FN7O3S. The third-order valence-corrected chi connectivity index (χ3v) is 6.83. The van der Waals surface area contributed by atoms with E-state index in [1.54, 1.807) is 0 Å². The summed E-state index contributed by atoms with van der Waals surface area (Å²) in [5, 5.41) is 0. The fourth-order valence-electron chi connectivity index (χ4n) is 3.74. The molecule has 4 rings (SSSR count). The Morgan fingerprint density at radius 3 is 2.53 bits per heavy atom. The number of hydrogen-bond acceptors (Lipinski definition) is 7. The van der Waals surface area contributed by atoms with E-state index in [4.69, 9.17) is 5.73 Å². The number of nitrogens with zero attached hydrogens (tertiary/aromatic N) is 5. The van der Waals surface area contributed by atoms with Gasteiger partial charge in [0.05, 0.1) is 11.9 Å². The van der Waals surface area contributed by atoms with Crippen LogP contribution >= 0.6 is 0 Å². The Balaban J connectivity index is 1.74. The number of fused-ring (bicyclic) bond motifs is 1. The van der Waals surface area contributed by atoms with E-state index in [2.05, 4.69) is 19.7 Å². The summed E-state index contributed by atoms with van der Waals surface area (Å²) >= 11 is 0. The van der Waals surface area contributed by atoms with E-state index >= 15 is 0 Å². The van der Waals surface area contributed by atoms with Crippen molar-refractivity contribution in [2.24, 2.45) is 0 Å². The van der Waals surface area contributed by atoms with Gasteiger partial charge in [0.15, 0.2) is 5.65 Å². The molecule has 0 unspecified atom stereocenters. The lowest BCUT2D eigenvalue weighted by atomic mass is 10.1. The summed E-state index contributed by atoms with van der Waals surface area (Å²) in [5.74, 6) is -0.800. The van der Waals surface area contributed by atoms with Gasteiger partial charge >= 0.3 is 10.2 Å². The van der Waals surface area contributed by atoms with Crippen LogP contribution in [0.3, 0.4) is 0 Å². The maximum Gasteiger partial charge on any atom is 0.301 e. The summed E-state index contributed by atoms with van der Waals surface area (Å²) in [5.41, 5.74) is 5.83. The Bertz CT molecular complexity index is 1340. The van der Waals surface area contributed by atoms with Crippen LogP contribution < -0.4 is 16.0 Å². The standard InChI is InChI=1S/C20H24FN7O3S/c1-12(2)28-18-16(11-23-20(22)25-18)24-17(19(28)29)13-6-7-15(14(21)10-13)26-32(30,31)27-8-4-3-5-9-27/h6-7,10-12,26H,3-5,8-9H2,1-2H3,(H2,22,23,25). The Hall–Kier alpha value is -3.12. The maximum absolute atomic E-state index is 14.9. The van der Waals surface area contributed by atoms with Crippen molar-refractivity contribution in [3.63, 3.8) is 0 Å². The molecule has 1 aliphatic rings. The predicted octanol–water partition coefficient (Wildman–Crippen LogP) is 2.30. The first-order valence-corrected chi connectivity index (χ1v) is 11.7. The molecule has 10 nitrogen and oxygen atoms in total. The highest BCUT2D eigenvalue weighted by Crippen LogP contribution is 2.25. The van der Waals surface area contributed by atoms with E-state index in [-0.39, 0.29) is 34.6 Å². The summed E-state index contributed by atoms with van der Waals surface area (Å²) < 4.78 is 45.0. The lowest BCUT2D eigenvalue weighted by molar-refractivity contribution is 0.349. The van der Waals surface area contributed by atoms with Crippen molar-refractivity contribution in [1.82, 2.24) is 23.8 Å². The number of hydrogen-bond donors (Lipinski definition) is 2. The molecule has 3 heterocycles. The number of benzene rings is 1. The van der Waals surface area contributed by atoms with Gasteiger partial charge in [0, 0.05) is 24.7 Å². The van der Waals surface area contributed by atoms with Gasteiger partial charge in [-0.3, -0.25) is 14.1 Å². The normalized spacial score (nSPS) is 15.4. The van der Waals surface area contributed by atoms with E-state index in [0.29, 0.717) is 18.6 Å². The van der Waals surface area contributed by atoms with Gasteiger partial charge in [0.1, 0.15) is 17.0 Å². The van der Waals surface area contributed by atoms with Crippen molar-refractivity contribution < 1.29 is 12.8 Å². The minimum absolute atomic E-state index is 0.00362. The van der Waals surface area contributed by atoms with Gasteiger partial charge in [-0.25, -0.2) is 14.4 Å². The molecule has 0 radical (unpaired) electrons. The molecule has 32 heavy (non-hydrogen) atoms. The number of rotatable bonds is 5. The Kier molecular flexibility index (Phi) is 5.82. The predicted molar refractivity (Wildman–Crippen MR) is 120 cm³/mol. The first-order valence-electron chi connectivity index (χ1n) is 10.3. The maximum atomic E-state index is 14.9. The van der Waals surface area contributed by atoms with E-state index in [1.165, 1.54) is 27.2 Å². The van der Waals surface area contributed by atoms with Crippen LogP contribution in [-0.4, -0.2) is 45.3 Å². The number of aromatic nitrogens is 4. The average molecular weight is 462 g/mol. The van der Waals surface area contributed by atoms with Gasteiger partial charge in [-0.2, -0.15) is 17.7 Å². The van der Waals surface area contributed by atoms with Gasteiger partial charge < -0.3 is 5.73 Å². The van der Waals surface area contributed by atoms with Crippen LogP contribution in [0.4, 0.5) is 16.0 Å². The molecule has 170 valence electrons. The topological polar surface area (TPSA) is 136 Å². The van der Waals surface area contributed by atoms with Crippen molar-refractivity contribution in [2.45, 2.75) is 39.2 Å². The zero-order chi connectivity index (χ0) is 23.0. The van der Waals surface area contributed by atoms with Gasteiger partial charge in [-0.15, -0.1) is 0 Å². The van der Waals surface area contributed by atoms with Crippen molar-refractivity contribution in [3.8, 4) is 11.3 Å². The number of piperidine rings is 1. The largest absolute Gasteiger partial charge is 0.368 e. The van der Waals surface area contributed by atoms with Gasteiger partial charge in [-0.05, 0) is 38.8 Å². The Morgan fingerprint density at radius 2 is 1.88 bits per heavy atom. The average Bonchev–Trinajstić information content (AvgIpc) is 2.75. The lowest BCUT2D eigenvalue weighted by Gasteiger charge is -2.26.